The third-order valence-electron chi connectivity index (χ3n) is 5.87. The molecule has 35 heavy (non-hydrogen) atoms. The molecular formula is C27H29ClN2O5. The molecule has 8 heteroatoms. The Hall–Kier alpha value is -3.29. The van der Waals surface area contributed by atoms with E-state index in [1.165, 1.54) is 0 Å². The molecule has 3 aromatic rings. The van der Waals surface area contributed by atoms with Crippen LogP contribution in [0.5, 0.6) is 11.5 Å². The van der Waals surface area contributed by atoms with Crippen LogP contribution in [0, 0.1) is 0 Å². The van der Waals surface area contributed by atoms with Crippen LogP contribution in [-0.2, 0) is 0 Å². The largest absolute Gasteiger partial charge is 0.490 e. The van der Waals surface area contributed by atoms with Crippen LogP contribution in [0.15, 0.2) is 58.3 Å². The van der Waals surface area contributed by atoms with E-state index < -0.39 is 6.04 Å². The Balaban J connectivity index is 1.87. The zero-order chi connectivity index (χ0) is 25.1. The normalized spacial score (nSPS) is 15.1. The van der Waals surface area contributed by atoms with Gasteiger partial charge in [-0.2, -0.15) is 0 Å². The maximum atomic E-state index is 13.7. The molecule has 1 amide bonds. The van der Waals surface area contributed by atoms with E-state index in [0.717, 1.165) is 18.5 Å². The van der Waals surface area contributed by atoms with Crippen molar-refractivity contribution in [1.82, 2.24) is 9.80 Å². The fraction of sp³-hybridized carbons (Fsp3) is 0.333. The van der Waals surface area contributed by atoms with Crippen LogP contribution in [0.3, 0.4) is 0 Å². The van der Waals surface area contributed by atoms with Crippen molar-refractivity contribution < 1.29 is 18.7 Å². The molecule has 2 aromatic carbocycles. The molecule has 1 aromatic heterocycles. The lowest BCUT2D eigenvalue weighted by molar-refractivity contribution is 0.0722. The van der Waals surface area contributed by atoms with Crippen LogP contribution in [-0.4, -0.2) is 56.1 Å². The Kier molecular flexibility index (Phi) is 7.48. The number of carbonyl (C=O) groups is 1. The molecule has 184 valence electrons. The van der Waals surface area contributed by atoms with Gasteiger partial charge < -0.3 is 23.7 Å². The number of hydrogen-bond donors (Lipinski definition) is 0. The number of amides is 1. The maximum Gasteiger partial charge on any atom is 0.290 e. The molecule has 0 spiro atoms. The molecule has 0 saturated heterocycles. The van der Waals surface area contributed by atoms with Crippen molar-refractivity contribution >= 4 is 28.5 Å². The lowest BCUT2D eigenvalue weighted by atomic mass is 9.98. The average Bonchev–Trinajstić information content (AvgIpc) is 3.10. The van der Waals surface area contributed by atoms with E-state index in [0.29, 0.717) is 52.8 Å². The highest BCUT2D eigenvalue weighted by Crippen LogP contribution is 2.41. The van der Waals surface area contributed by atoms with Crippen LogP contribution in [0.25, 0.3) is 11.0 Å². The van der Waals surface area contributed by atoms with Gasteiger partial charge in [0.05, 0.1) is 23.6 Å². The number of rotatable bonds is 10. The minimum absolute atomic E-state index is 0.0737. The van der Waals surface area contributed by atoms with Gasteiger partial charge in [-0.05, 0) is 69.9 Å². The van der Waals surface area contributed by atoms with Gasteiger partial charge in [-0.3, -0.25) is 9.59 Å². The topological polar surface area (TPSA) is 72.2 Å². The molecule has 2 heterocycles. The van der Waals surface area contributed by atoms with Gasteiger partial charge in [0, 0.05) is 11.6 Å². The molecule has 7 nitrogen and oxygen atoms in total. The number of nitrogens with zero attached hydrogens (tertiary/aromatic N) is 2. The molecule has 0 radical (unpaired) electrons. The van der Waals surface area contributed by atoms with Gasteiger partial charge in [-0.1, -0.05) is 30.3 Å². The zero-order valence-corrected chi connectivity index (χ0v) is 20.9. The van der Waals surface area contributed by atoms with Crippen molar-refractivity contribution in [2.24, 2.45) is 0 Å². The second-order valence-corrected chi connectivity index (χ2v) is 9.05. The SMILES string of the molecule is C=CCOc1ccc([C@H]2c3c(oc4ccc(Cl)cc4c3=O)C(=O)N2CCCN(C)C)cc1OCC. The molecular weight excluding hydrogens is 468 g/mol. The van der Waals surface area contributed by atoms with Crippen molar-refractivity contribution in [3.05, 3.63) is 81.2 Å². The molecule has 0 aliphatic carbocycles. The summed E-state index contributed by atoms with van der Waals surface area (Å²) in [4.78, 5) is 31.0. The number of ether oxygens (including phenoxy) is 2. The van der Waals surface area contributed by atoms with E-state index in [2.05, 4.69) is 11.5 Å². The quantitative estimate of drug-likeness (QED) is 0.371. The first kappa shape index (κ1) is 24.8. The second kappa shape index (κ2) is 10.5. The first-order valence-electron chi connectivity index (χ1n) is 11.6. The van der Waals surface area contributed by atoms with Gasteiger partial charge in [0.1, 0.15) is 12.2 Å². The minimum atomic E-state index is -0.619. The van der Waals surface area contributed by atoms with Gasteiger partial charge in [0.25, 0.3) is 5.91 Å². The van der Waals surface area contributed by atoms with Gasteiger partial charge in [-0.15, -0.1) is 0 Å². The molecule has 0 N–H and O–H groups in total. The van der Waals surface area contributed by atoms with E-state index >= 15 is 0 Å². The van der Waals surface area contributed by atoms with Crippen LogP contribution >= 0.6 is 11.6 Å². The van der Waals surface area contributed by atoms with Crippen molar-refractivity contribution in [3.63, 3.8) is 0 Å². The Labute approximate surface area is 209 Å². The summed E-state index contributed by atoms with van der Waals surface area (Å²) in [5.74, 6) is 0.873. The number of carbonyl (C=O) groups excluding carboxylic acids is 1. The Morgan fingerprint density at radius 1 is 1.14 bits per heavy atom. The van der Waals surface area contributed by atoms with Crippen LogP contribution < -0.4 is 14.9 Å². The Morgan fingerprint density at radius 3 is 2.66 bits per heavy atom. The predicted octanol–water partition coefficient (Wildman–Crippen LogP) is 4.91. The Morgan fingerprint density at radius 2 is 1.94 bits per heavy atom. The lowest BCUT2D eigenvalue weighted by Gasteiger charge is -2.26. The molecule has 0 unspecified atom stereocenters. The molecule has 0 saturated carbocycles. The second-order valence-electron chi connectivity index (χ2n) is 8.61. The van der Waals surface area contributed by atoms with E-state index in [1.54, 1.807) is 35.2 Å². The summed E-state index contributed by atoms with van der Waals surface area (Å²) in [5, 5.41) is 0.774. The number of hydrogen-bond acceptors (Lipinski definition) is 6. The monoisotopic (exact) mass is 496 g/mol. The number of halogens is 1. The third kappa shape index (κ3) is 4.92. The minimum Gasteiger partial charge on any atom is -0.490 e. The van der Waals surface area contributed by atoms with Gasteiger partial charge in [0.2, 0.25) is 5.76 Å². The fourth-order valence-corrected chi connectivity index (χ4v) is 4.53. The average molecular weight is 497 g/mol. The molecule has 1 atom stereocenters. The summed E-state index contributed by atoms with van der Waals surface area (Å²) in [6.45, 7) is 7.60. The predicted molar refractivity (Wildman–Crippen MR) is 137 cm³/mol. The highest BCUT2D eigenvalue weighted by Gasteiger charge is 2.42. The van der Waals surface area contributed by atoms with Crippen molar-refractivity contribution in [1.29, 1.82) is 0 Å². The standard InChI is InChI=1S/C27H29ClN2O5/c1-5-14-34-21-10-8-17(15-22(21)33-6-2)24-23-25(31)19-16-18(28)9-11-20(19)35-26(23)27(32)30(24)13-7-12-29(3)4/h5,8-11,15-16,24H,1,6-7,12-14H2,2-4H3/t24-/m0/s1. The highest BCUT2D eigenvalue weighted by atomic mass is 35.5. The summed E-state index contributed by atoms with van der Waals surface area (Å²) in [5.41, 5.74) is 1.13. The zero-order valence-electron chi connectivity index (χ0n) is 20.2. The first-order chi connectivity index (χ1) is 16.8. The summed E-state index contributed by atoms with van der Waals surface area (Å²) in [6.07, 6.45) is 2.39. The molecule has 1 aliphatic heterocycles. The van der Waals surface area contributed by atoms with Gasteiger partial charge in [-0.25, -0.2) is 0 Å². The lowest BCUT2D eigenvalue weighted by Crippen LogP contribution is -2.32. The fourth-order valence-electron chi connectivity index (χ4n) is 4.36. The maximum absolute atomic E-state index is 13.7. The van der Waals surface area contributed by atoms with E-state index in [1.807, 2.05) is 33.2 Å². The Bertz CT molecular complexity index is 1320. The van der Waals surface area contributed by atoms with Crippen LogP contribution in [0.1, 0.15) is 41.1 Å². The van der Waals surface area contributed by atoms with Crippen molar-refractivity contribution in [2.75, 3.05) is 40.4 Å². The highest BCUT2D eigenvalue weighted by molar-refractivity contribution is 6.31. The molecule has 1 aliphatic rings. The molecule has 4 rings (SSSR count). The molecule has 0 bridgehead atoms. The first-order valence-corrected chi connectivity index (χ1v) is 12.0. The summed E-state index contributed by atoms with van der Waals surface area (Å²) in [7, 11) is 3.96. The van der Waals surface area contributed by atoms with Crippen LogP contribution in [0.4, 0.5) is 0 Å². The smallest absolute Gasteiger partial charge is 0.290 e. The summed E-state index contributed by atoms with van der Waals surface area (Å²) >= 11 is 6.17. The summed E-state index contributed by atoms with van der Waals surface area (Å²) < 4.78 is 17.5. The molecule has 0 fully saturated rings. The van der Waals surface area contributed by atoms with E-state index in [9.17, 15) is 9.59 Å². The van der Waals surface area contributed by atoms with Crippen molar-refractivity contribution in [2.45, 2.75) is 19.4 Å². The van der Waals surface area contributed by atoms with Crippen LogP contribution in [0.2, 0.25) is 5.02 Å². The van der Waals surface area contributed by atoms with Gasteiger partial charge >= 0.3 is 0 Å². The number of fused-ring (bicyclic) bond motifs is 2. The van der Waals surface area contributed by atoms with Gasteiger partial charge in [0.15, 0.2) is 16.9 Å². The number of benzene rings is 2. The summed E-state index contributed by atoms with van der Waals surface area (Å²) in [6, 6.07) is 9.70. The van der Waals surface area contributed by atoms with E-state index in [4.69, 9.17) is 25.5 Å². The van der Waals surface area contributed by atoms with E-state index in [-0.39, 0.29) is 17.1 Å². The third-order valence-corrected chi connectivity index (χ3v) is 6.11. The van der Waals surface area contributed by atoms with Crippen molar-refractivity contribution in [3.8, 4) is 11.5 Å².